The molecule has 6 heteroatoms. The zero-order valence-corrected chi connectivity index (χ0v) is 10.5. The highest BCUT2D eigenvalue weighted by Gasteiger charge is 2.20. The highest BCUT2D eigenvalue weighted by molar-refractivity contribution is 5.83. The van der Waals surface area contributed by atoms with Gasteiger partial charge in [-0.15, -0.1) is 0 Å². The van der Waals surface area contributed by atoms with Gasteiger partial charge in [0, 0.05) is 24.7 Å². The molecule has 0 aliphatic heterocycles. The number of hydrogen-bond acceptors (Lipinski definition) is 3. The maximum Gasteiger partial charge on any atom is 0.326 e. The normalized spacial score (nSPS) is 12.1. The van der Waals surface area contributed by atoms with Crippen molar-refractivity contribution in [2.24, 2.45) is 0 Å². The number of amides is 1. The van der Waals surface area contributed by atoms with Gasteiger partial charge in [0.15, 0.2) is 0 Å². The van der Waals surface area contributed by atoms with Gasteiger partial charge in [-0.2, -0.15) is 0 Å². The van der Waals surface area contributed by atoms with Crippen molar-refractivity contribution in [1.82, 2.24) is 15.3 Å². The van der Waals surface area contributed by atoms with Crippen molar-refractivity contribution in [1.29, 1.82) is 0 Å². The lowest BCUT2D eigenvalue weighted by Crippen LogP contribution is -2.42. The van der Waals surface area contributed by atoms with Crippen LogP contribution in [-0.4, -0.2) is 33.0 Å². The molecule has 6 nitrogen and oxygen atoms in total. The number of nitrogens with zero attached hydrogens (tertiary/aromatic N) is 1. The minimum absolute atomic E-state index is 0.213. The van der Waals surface area contributed by atoms with Crippen LogP contribution >= 0.6 is 0 Å². The zero-order chi connectivity index (χ0) is 13.4. The van der Waals surface area contributed by atoms with Crippen LogP contribution in [0.3, 0.4) is 0 Å². The van der Waals surface area contributed by atoms with E-state index in [1.54, 1.807) is 6.20 Å². The summed E-state index contributed by atoms with van der Waals surface area (Å²) < 4.78 is 0. The van der Waals surface area contributed by atoms with Gasteiger partial charge < -0.3 is 15.4 Å². The Morgan fingerprint density at radius 1 is 1.50 bits per heavy atom. The lowest BCUT2D eigenvalue weighted by molar-refractivity contribution is -0.141. The van der Waals surface area contributed by atoms with E-state index < -0.39 is 12.0 Å². The Kier molecular flexibility index (Phi) is 5.90. The molecule has 1 unspecified atom stereocenters. The Labute approximate surface area is 106 Å². The molecule has 0 fully saturated rings. The first-order valence-electron chi connectivity index (χ1n) is 6.13. The number of aromatic amines is 1. The number of imidazole rings is 1. The molecule has 0 saturated carbocycles. The van der Waals surface area contributed by atoms with E-state index in [9.17, 15) is 9.59 Å². The van der Waals surface area contributed by atoms with Crippen LogP contribution in [0.4, 0.5) is 0 Å². The molecule has 1 aromatic heterocycles. The van der Waals surface area contributed by atoms with E-state index in [-0.39, 0.29) is 12.3 Å². The number of rotatable bonds is 8. The lowest BCUT2D eigenvalue weighted by atomic mass is 10.1. The molecule has 1 atom stereocenters. The Hall–Kier alpha value is -1.85. The molecule has 0 saturated heterocycles. The fraction of sp³-hybridized carbons (Fsp3) is 0.583. The Morgan fingerprint density at radius 3 is 2.83 bits per heavy atom. The van der Waals surface area contributed by atoms with Crippen molar-refractivity contribution in [2.75, 3.05) is 0 Å². The quantitative estimate of drug-likeness (QED) is 0.605. The summed E-state index contributed by atoms with van der Waals surface area (Å²) in [5, 5.41) is 11.6. The topological polar surface area (TPSA) is 95.1 Å². The van der Waals surface area contributed by atoms with Gasteiger partial charge in [-0.3, -0.25) is 4.79 Å². The fourth-order valence-corrected chi connectivity index (χ4v) is 1.62. The van der Waals surface area contributed by atoms with Gasteiger partial charge in [-0.1, -0.05) is 19.8 Å². The summed E-state index contributed by atoms with van der Waals surface area (Å²) in [5.74, 6) is -1.25. The van der Waals surface area contributed by atoms with E-state index in [0.29, 0.717) is 12.1 Å². The van der Waals surface area contributed by atoms with E-state index in [1.165, 1.54) is 6.33 Å². The third-order valence-electron chi connectivity index (χ3n) is 2.62. The summed E-state index contributed by atoms with van der Waals surface area (Å²) in [6.07, 6.45) is 6.43. The second kappa shape index (κ2) is 7.47. The van der Waals surface area contributed by atoms with Gasteiger partial charge in [0.25, 0.3) is 0 Å². The Morgan fingerprint density at radius 2 is 2.28 bits per heavy atom. The number of carbonyl (C=O) groups excluding carboxylic acids is 1. The van der Waals surface area contributed by atoms with Crippen molar-refractivity contribution in [3.05, 3.63) is 18.2 Å². The first-order valence-corrected chi connectivity index (χ1v) is 6.13. The van der Waals surface area contributed by atoms with Crippen LogP contribution in [0, 0.1) is 0 Å². The van der Waals surface area contributed by atoms with Gasteiger partial charge >= 0.3 is 5.97 Å². The number of carboxylic acid groups (broad SMARTS) is 1. The lowest BCUT2D eigenvalue weighted by Gasteiger charge is -2.13. The second-order valence-electron chi connectivity index (χ2n) is 4.20. The van der Waals surface area contributed by atoms with Crippen LogP contribution in [0.1, 0.15) is 38.3 Å². The van der Waals surface area contributed by atoms with E-state index in [1.807, 2.05) is 0 Å². The van der Waals surface area contributed by atoms with Crippen LogP contribution in [0.15, 0.2) is 12.5 Å². The number of nitrogens with one attached hydrogen (secondary N) is 2. The van der Waals surface area contributed by atoms with Crippen LogP contribution in [0.2, 0.25) is 0 Å². The Bertz CT molecular complexity index is 376. The summed E-state index contributed by atoms with van der Waals surface area (Å²) in [6.45, 7) is 2.05. The number of aliphatic carboxylic acids is 1. The van der Waals surface area contributed by atoms with Crippen LogP contribution in [-0.2, 0) is 16.0 Å². The van der Waals surface area contributed by atoms with Crippen LogP contribution in [0.5, 0.6) is 0 Å². The van der Waals surface area contributed by atoms with E-state index in [0.717, 1.165) is 19.3 Å². The molecule has 1 rings (SSSR count). The predicted octanol–water partition coefficient (Wildman–Crippen LogP) is 1.10. The minimum atomic E-state index is -1.03. The molecular weight excluding hydrogens is 234 g/mol. The molecule has 0 bridgehead atoms. The van der Waals surface area contributed by atoms with Crippen molar-refractivity contribution >= 4 is 11.9 Å². The average molecular weight is 253 g/mol. The summed E-state index contributed by atoms with van der Waals surface area (Å²) in [4.78, 5) is 29.2. The van der Waals surface area contributed by atoms with Gasteiger partial charge in [0.05, 0.1) is 6.33 Å². The second-order valence-corrected chi connectivity index (χ2v) is 4.20. The molecule has 1 heterocycles. The van der Waals surface area contributed by atoms with Crippen LogP contribution in [0.25, 0.3) is 0 Å². The average Bonchev–Trinajstić information content (AvgIpc) is 2.81. The van der Waals surface area contributed by atoms with Crippen molar-refractivity contribution in [3.63, 3.8) is 0 Å². The molecule has 18 heavy (non-hydrogen) atoms. The van der Waals surface area contributed by atoms with Gasteiger partial charge in [-0.25, -0.2) is 9.78 Å². The number of H-pyrrole nitrogens is 1. The van der Waals surface area contributed by atoms with Crippen molar-refractivity contribution in [3.8, 4) is 0 Å². The summed E-state index contributed by atoms with van der Waals surface area (Å²) in [6, 6.07) is -0.903. The largest absolute Gasteiger partial charge is 0.480 e. The maximum absolute atomic E-state index is 11.6. The SMILES string of the molecule is CCCCCC(=O)NC(Cc1cnc[nH]1)C(=O)O. The fourth-order valence-electron chi connectivity index (χ4n) is 1.62. The monoisotopic (exact) mass is 253 g/mol. The summed E-state index contributed by atoms with van der Waals surface area (Å²) in [7, 11) is 0. The molecule has 1 amide bonds. The standard InChI is InChI=1S/C12H19N3O3/c1-2-3-4-5-11(16)15-10(12(17)18)6-9-7-13-8-14-9/h7-8,10H,2-6H2,1H3,(H,13,14)(H,15,16)(H,17,18). The van der Waals surface area contributed by atoms with Crippen molar-refractivity contribution < 1.29 is 14.7 Å². The van der Waals surface area contributed by atoms with E-state index in [2.05, 4.69) is 22.2 Å². The molecular formula is C12H19N3O3. The molecule has 0 aromatic carbocycles. The predicted molar refractivity (Wildman–Crippen MR) is 66.0 cm³/mol. The highest BCUT2D eigenvalue weighted by atomic mass is 16.4. The first-order chi connectivity index (χ1) is 8.63. The molecule has 0 aliphatic carbocycles. The van der Waals surface area contributed by atoms with Gasteiger partial charge in [-0.05, 0) is 6.42 Å². The smallest absolute Gasteiger partial charge is 0.326 e. The molecule has 0 aliphatic rings. The number of carboxylic acids is 1. The molecule has 1 aromatic rings. The minimum Gasteiger partial charge on any atom is -0.480 e. The molecule has 0 radical (unpaired) electrons. The first kappa shape index (κ1) is 14.2. The highest BCUT2D eigenvalue weighted by Crippen LogP contribution is 2.02. The third kappa shape index (κ3) is 4.99. The molecule has 100 valence electrons. The third-order valence-corrected chi connectivity index (χ3v) is 2.62. The van der Waals surface area contributed by atoms with Gasteiger partial charge in [0.1, 0.15) is 6.04 Å². The number of hydrogen-bond donors (Lipinski definition) is 3. The number of unbranched alkanes of at least 4 members (excludes halogenated alkanes) is 2. The summed E-state index contributed by atoms with van der Waals surface area (Å²) >= 11 is 0. The van der Waals surface area contributed by atoms with Gasteiger partial charge in [0.2, 0.25) is 5.91 Å². The number of aromatic nitrogens is 2. The Balaban J connectivity index is 2.42. The number of carbonyl (C=O) groups is 2. The van der Waals surface area contributed by atoms with Crippen LogP contribution < -0.4 is 5.32 Å². The molecule has 3 N–H and O–H groups in total. The summed E-state index contributed by atoms with van der Waals surface area (Å²) in [5.41, 5.74) is 0.691. The molecule has 0 spiro atoms. The van der Waals surface area contributed by atoms with E-state index in [4.69, 9.17) is 5.11 Å². The maximum atomic E-state index is 11.6. The van der Waals surface area contributed by atoms with Crippen molar-refractivity contribution in [2.45, 2.75) is 45.1 Å². The zero-order valence-electron chi connectivity index (χ0n) is 10.5. The van der Waals surface area contributed by atoms with E-state index >= 15 is 0 Å².